The Bertz CT molecular complexity index is 232. The molecule has 1 aliphatic rings. The molecular formula is C6H5NO. The third kappa shape index (κ3) is 0.346. The molecule has 40 valence electrons. The van der Waals surface area contributed by atoms with Crippen molar-refractivity contribution in [1.82, 2.24) is 4.98 Å². The highest BCUT2D eigenvalue weighted by atomic mass is 16.6. The molecule has 0 N–H and O–H groups in total. The second kappa shape index (κ2) is 1.02. The van der Waals surface area contributed by atoms with Crippen LogP contribution in [-0.4, -0.2) is 4.98 Å². The van der Waals surface area contributed by atoms with Gasteiger partial charge in [-0.3, -0.25) is 4.98 Å². The number of rotatable bonds is 0. The zero-order valence-electron chi connectivity index (χ0n) is 4.51. The summed E-state index contributed by atoms with van der Waals surface area (Å²) in [5.74, 6) is 1.95. The Morgan fingerprint density at radius 2 is 2.50 bits per heavy atom. The van der Waals surface area contributed by atoms with Crippen LogP contribution in [0.2, 0.25) is 0 Å². The van der Waals surface area contributed by atoms with Gasteiger partial charge in [-0.25, -0.2) is 0 Å². The largest absolute Gasteiger partial charge is 0.447 e. The van der Waals surface area contributed by atoms with Crippen LogP contribution in [0.5, 0.6) is 11.5 Å². The molecule has 0 aliphatic carbocycles. The summed E-state index contributed by atoms with van der Waals surface area (Å²) in [6.07, 6.45) is 1.75. The first-order chi connectivity index (χ1) is 3.88. The van der Waals surface area contributed by atoms with Crippen molar-refractivity contribution in [2.75, 3.05) is 0 Å². The van der Waals surface area contributed by atoms with E-state index in [9.17, 15) is 0 Å². The molecule has 2 heterocycles. The predicted molar refractivity (Wildman–Crippen MR) is 29.0 cm³/mol. The molecule has 2 heteroatoms. The van der Waals surface area contributed by atoms with Gasteiger partial charge in [0, 0.05) is 12.3 Å². The maximum absolute atomic E-state index is 5.01. The molecule has 1 aromatic rings. The van der Waals surface area contributed by atoms with Crippen molar-refractivity contribution in [2.45, 2.75) is 6.92 Å². The molecule has 0 radical (unpaired) electrons. The first-order valence-electron chi connectivity index (χ1n) is 2.51. The molecule has 0 unspecified atom stereocenters. The van der Waals surface area contributed by atoms with Crippen LogP contribution < -0.4 is 4.74 Å². The maximum Gasteiger partial charge on any atom is 0.191 e. The standard InChI is InChI=1S/C6H5NO/c1-4-6-5(8-6)2-3-7-4/h2-3H,1H3. The molecule has 8 heavy (non-hydrogen) atoms. The number of nitrogens with zero attached hydrogens (tertiary/aromatic N) is 1. The van der Waals surface area contributed by atoms with E-state index in [0.717, 1.165) is 17.2 Å². The van der Waals surface area contributed by atoms with Crippen molar-refractivity contribution in [2.24, 2.45) is 0 Å². The van der Waals surface area contributed by atoms with Gasteiger partial charge in [-0.2, -0.15) is 0 Å². The van der Waals surface area contributed by atoms with Gasteiger partial charge < -0.3 is 4.74 Å². The zero-order chi connectivity index (χ0) is 5.56. The van der Waals surface area contributed by atoms with Gasteiger partial charge in [-0.1, -0.05) is 0 Å². The van der Waals surface area contributed by atoms with Crippen molar-refractivity contribution < 1.29 is 4.74 Å². The van der Waals surface area contributed by atoms with Gasteiger partial charge in [0.15, 0.2) is 11.5 Å². The van der Waals surface area contributed by atoms with Gasteiger partial charge in [-0.05, 0) is 6.92 Å². The lowest BCUT2D eigenvalue weighted by atomic mass is 10.4. The minimum absolute atomic E-state index is 0.965. The molecule has 2 nitrogen and oxygen atoms in total. The third-order valence-corrected chi connectivity index (χ3v) is 1.22. The Morgan fingerprint density at radius 1 is 1.62 bits per heavy atom. The van der Waals surface area contributed by atoms with Crippen molar-refractivity contribution in [3.8, 4) is 11.5 Å². The first kappa shape index (κ1) is 3.89. The predicted octanol–water partition coefficient (Wildman–Crippen LogP) is 1.50. The molecule has 2 rings (SSSR count). The van der Waals surface area contributed by atoms with E-state index in [4.69, 9.17) is 4.74 Å². The number of ether oxygens (including phenoxy) is 1. The average Bonchev–Trinajstić information content (AvgIpc) is 2.45. The molecule has 0 spiro atoms. The van der Waals surface area contributed by atoms with E-state index < -0.39 is 0 Å². The molecule has 0 saturated heterocycles. The normalized spacial score (nSPS) is 12.1. The van der Waals surface area contributed by atoms with Crippen LogP contribution in [-0.2, 0) is 0 Å². The lowest BCUT2D eigenvalue weighted by Crippen LogP contribution is -1.68. The number of aryl methyl sites for hydroxylation is 1. The fourth-order valence-corrected chi connectivity index (χ4v) is 0.722. The molecule has 1 aromatic heterocycles. The van der Waals surface area contributed by atoms with E-state index >= 15 is 0 Å². The summed E-state index contributed by atoms with van der Waals surface area (Å²) in [5, 5.41) is 0. The Kier molecular flexibility index (Phi) is 0.497. The van der Waals surface area contributed by atoms with Crippen LogP contribution >= 0.6 is 0 Å². The summed E-state index contributed by atoms with van der Waals surface area (Å²) >= 11 is 0. The van der Waals surface area contributed by atoms with Crippen molar-refractivity contribution in [1.29, 1.82) is 0 Å². The van der Waals surface area contributed by atoms with Crippen molar-refractivity contribution >= 4 is 0 Å². The second-order valence-corrected chi connectivity index (χ2v) is 1.83. The van der Waals surface area contributed by atoms with Gasteiger partial charge in [-0.15, -0.1) is 0 Å². The first-order valence-corrected chi connectivity index (χ1v) is 2.51. The lowest BCUT2D eigenvalue weighted by Gasteiger charge is -1.76. The van der Waals surface area contributed by atoms with E-state index in [2.05, 4.69) is 4.98 Å². The second-order valence-electron chi connectivity index (χ2n) is 1.83. The van der Waals surface area contributed by atoms with Crippen molar-refractivity contribution in [3.05, 3.63) is 18.0 Å². The Morgan fingerprint density at radius 3 is 3.12 bits per heavy atom. The average molecular weight is 107 g/mol. The zero-order valence-corrected chi connectivity index (χ0v) is 4.51. The van der Waals surface area contributed by atoms with E-state index in [0.29, 0.717) is 0 Å². The Labute approximate surface area is 47.1 Å². The number of fused-ring (bicyclic) bond motifs is 1. The summed E-state index contributed by atoms with van der Waals surface area (Å²) in [6, 6.07) is 1.86. The quantitative estimate of drug-likeness (QED) is 0.476. The molecule has 0 fully saturated rings. The van der Waals surface area contributed by atoms with Gasteiger partial charge in [0.2, 0.25) is 0 Å². The third-order valence-electron chi connectivity index (χ3n) is 1.22. The topological polar surface area (TPSA) is 25.4 Å². The highest BCUT2D eigenvalue weighted by Crippen LogP contribution is 2.46. The van der Waals surface area contributed by atoms with Crippen LogP contribution in [0.15, 0.2) is 12.3 Å². The number of pyridine rings is 1. The van der Waals surface area contributed by atoms with E-state index in [1.807, 2.05) is 13.0 Å². The Balaban J connectivity index is 2.70. The van der Waals surface area contributed by atoms with Crippen LogP contribution in [0.3, 0.4) is 0 Å². The fourth-order valence-electron chi connectivity index (χ4n) is 0.722. The van der Waals surface area contributed by atoms with Crippen LogP contribution in [0.1, 0.15) is 5.69 Å². The van der Waals surface area contributed by atoms with Crippen LogP contribution in [0, 0.1) is 6.92 Å². The summed E-state index contributed by atoms with van der Waals surface area (Å²) < 4.78 is 5.01. The minimum Gasteiger partial charge on any atom is -0.447 e. The smallest absolute Gasteiger partial charge is 0.191 e. The summed E-state index contributed by atoms with van der Waals surface area (Å²) in [6.45, 7) is 1.94. The minimum atomic E-state index is 0.965. The molecule has 1 aliphatic heterocycles. The molecular weight excluding hydrogens is 102 g/mol. The number of aromatic nitrogens is 1. The lowest BCUT2D eigenvalue weighted by molar-refractivity contribution is 0.645. The van der Waals surface area contributed by atoms with Gasteiger partial charge in [0.05, 0.1) is 5.69 Å². The fraction of sp³-hybridized carbons (Fsp3) is 0.167. The summed E-state index contributed by atoms with van der Waals surface area (Å²) in [7, 11) is 0. The van der Waals surface area contributed by atoms with Crippen LogP contribution in [0.4, 0.5) is 0 Å². The summed E-state index contributed by atoms with van der Waals surface area (Å²) in [5.41, 5.74) is 0.988. The monoisotopic (exact) mass is 107 g/mol. The SMILES string of the molecule is Cc1nccc2c1O2. The van der Waals surface area contributed by atoms with E-state index in [1.54, 1.807) is 6.20 Å². The van der Waals surface area contributed by atoms with Crippen molar-refractivity contribution in [3.63, 3.8) is 0 Å². The molecule has 0 aromatic carbocycles. The van der Waals surface area contributed by atoms with E-state index in [-0.39, 0.29) is 0 Å². The molecule has 0 saturated carbocycles. The molecule has 0 atom stereocenters. The Hall–Kier alpha value is -1.05. The highest BCUT2D eigenvalue weighted by molar-refractivity contribution is 5.55. The molecule has 0 amide bonds. The maximum atomic E-state index is 5.01. The van der Waals surface area contributed by atoms with E-state index in [1.165, 1.54) is 0 Å². The number of hydrogen-bond acceptors (Lipinski definition) is 2. The van der Waals surface area contributed by atoms with Crippen LogP contribution in [0.25, 0.3) is 0 Å². The summed E-state index contributed by atoms with van der Waals surface area (Å²) in [4.78, 5) is 4.01. The molecule has 0 bridgehead atoms. The number of hydrogen-bond donors (Lipinski definition) is 0. The highest BCUT2D eigenvalue weighted by Gasteiger charge is 2.21. The van der Waals surface area contributed by atoms with Gasteiger partial charge in [0.25, 0.3) is 0 Å². The van der Waals surface area contributed by atoms with Gasteiger partial charge >= 0.3 is 0 Å². The van der Waals surface area contributed by atoms with Gasteiger partial charge in [0.1, 0.15) is 0 Å².